The van der Waals surface area contributed by atoms with Gasteiger partial charge in [-0.25, -0.2) is 0 Å². The van der Waals surface area contributed by atoms with Gasteiger partial charge in [-0.05, 0) is 30.2 Å². The Morgan fingerprint density at radius 3 is 2.83 bits per heavy atom. The van der Waals surface area contributed by atoms with Crippen LogP contribution in [0.3, 0.4) is 0 Å². The lowest BCUT2D eigenvalue weighted by Crippen LogP contribution is -1.91. The highest BCUT2D eigenvalue weighted by Gasteiger charge is 2.07. The number of benzene rings is 1. The zero-order valence-electron chi connectivity index (χ0n) is 9.89. The highest BCUT2D eigenvalue weighted by atomic mass is 16.3. The lowest BCUT2D eigenvalue weighted by molar-refractivity contribution is 0.559. The van der Waals surface area contributed by atoms with E-state index in [0.717, 1.165) is 5.56 Å². The highest BCUT2D eigenvalue weighted by Crippen LogP contribution is 2.27. The molecule has 0 aliphatic rings. The van der Waals surface area contributed by atoms with Gasteiger partial charge in [0, 0.05) is 10.6 Å². The van der Waals surface area contributed by atoms with Crippen molar-refractivity contribution in [2.75, 3.05) is 0 Å². The lowest BCUT2D eigenvalue weighted by atomic mass is 10.1. The average molecular weight is 240 g/mol. The van der Waals surface area contributed by atoms with Gasteiger partial charge < -0.3 is 4.42 Å². The van der Waals surface area contributed by atoms with Gasteiger partial charge >= 0.3 is 0 Å². The normalized spacial score (nSPS) is 12.3. The van der Waals surface area contributed by atoms with Crippen LogP contribution >= 0.6 is 0 Å². The average Bonchev–Trinajstić information content (AvgIpc) is 2.90. The van der Waals surface area contributed by atoms with E-state index in [0.29, 0.717) is 11.4 Å². The minimum Gasteiger partial charge on any atom is -0.463 e. The first kappa shape index (κ1) is 12.0. The molecule has 1 aromatic carbocycles. The summed E-state index contributed by atoms with van der Waals surface area (Å²) >= 11 is 0. The molecular formula is C13H12N4O. The van der Waals surface area contributed by atoms with Crippen molar-refractivity contribution in [1.82, 2.24) is 0 Å². The largest absolute Gasteiger partial charge is 0.463 e. The molecule has 5 heteroatoms. The fourth-order valence-electron chi connectivity index (χ4n) is 1.61. The predicted octanol–water partition coefficient (Wildman–Crippen LogP) is 4.40. The van der Waals surface area contributed by atoms with Crippen molar-refractivity contribution in [3.8, 4) is 0 Å². The summed E-state index contributed by atoms with van der Waals surface area (Å²) < 4.78 is 5.17. The van der Waals surface area contributed by atoms with Gasteiger partial charge in [0.05, 0.1) is 18.5 Å². The molecule has 5 nitrogen and oxygen atoms in total. The molecule has 0 saturated carbocycles. The molecule has 0 spiro atoms. The van der Waals surface area contributed by atoms with Crippen LogP contribution in [0.5, 0.6) is 0 Å². The van der Waals surface area contributed by atoms with Crippen LogP contribution in [0.4, 0.5) is 5.69 Å². The molecule has 0 N–H and O–H groups in total. The topological polar surface area (TPSA) is 74.3 Å². The van der Waals surface area contributed by atoms with E-state index in [2.05, 4.69) is 15.0 Å². The second-order valence-corrected chi connectivity index (χ2v) is 3.72. The van der Waals surface area contributed by atoms with Crippen molar-refractivity contribution in [2.45, 2.75) is 13.0 Å². The Kier molecular flexibility index (Phi) is 3.79. The second-order valence-electron chi connectivity index (χ2n) is 3.72. The van der Waals surface area contributed by atoms with Crippen molar-refractivity contribution in [1.29, 1.82) is 0 Å². The summed E-state index contributed by atoms with van der Waals surface area (Å²) in [6.07, 6.45) is 3.26. The molecular weight excluding hydrogens is 228 g/mol. The molecule has 1 aromatic heterocycles. The zero-order valence-corrected chi connectivity index (χ0v) is 9.89. The van der Waals surface area contributed by atoms with Gasteiger partial charge in [-0.3, -0.25) is 4.99 Å². The number of hydrogen-bond acceptors (Lipinski definition) is 3. The van der Waals surface area contributed by atoms with Gasteiger partial charge in [0.25, 0.3) is 0 Å². The SMILES string of the molecule is C[C@H](N=Cc1ccco1)c1ccccc1N=[N+]=[N-]. The minimum atomic E-state index is -0.100. The Labute approximate surface area is 104 Å². The van der Waals surface area contributed by atoms with E-state index in [1.807, 2.05) is 31.2 Å². The fraction of sp³-hybridized carbons (Fsp3) is 0.154. The van der Waals surface area contributed by atoms with E-state index in [1.54, 1.807) is 24.6 Å². The van der Waals surface area contributed by atoms with Crippen LogP contribution in [0.15, 0.2) is 57.2 Å². The monoisotopic (exact) mass is 240 g/mol. The van der Waals surface area contributed by atoms with Gasteiger partial charge in [0.2, 0.25) is 0 Å². The lowest BCUT2D eigenvalue weighted by Gasteiger charge is -2.08. The number of rotatable bonds is 4. The van der Waals surface area contributed by atoms with Crippen LogP contribution in [-0.4, -0.2) is 6.21 Å². The van der Waals surface area contributed by atoms with Crippen LogP contribution in [0.2, 0.25) is 0 Å². The van der Waals surface area contributed by atoms with Crippen LogP contribution in [-0.2, 0) is 0 Å². The Bertz CT molecular complexity index is 583. The summed E-state index contributed by atoms with van der Waals surface area (Å²) in [6, 6.07) is 10.9. The zero-order chi connectivity index (χ0) is 12.8. The maximum atomic E-state index is 8.51. The van der Waals surface area contributed by atoms with E-state index >= 15 is 0 Å². The van der Waals surface area contributed by atoms with Crippen LogP contribution in [0.1, 0.15) is 24.3 Å². The van der Waals surface area contributed by atoms with Gasteiger partial charge in [-0.15, -0.1) is 0 Å². The Balaban J connectivity index is 2.23. The molecule has 0 aliphatic carbocycles. The molecule has 18 heavy (non-hydrogen) atoms. The molecule has 1 heterocycles. The van der Waals surface area contributed by atoms with E-state index < -0.39 is 0 Å². The van der Waals surface area contributed by atoms with Crippen molar-refractivity contribution in [3.05, 3.63) is 64.4 Å². The van der Waals surface area contributed by atoms with Crippen LogP contribution in [0, 0.1) is 0 Å². The van der Waals surface area contributed by atoms with E-state index in [4.69, 9.17) is 9.95 Å². The summed E-state index contributed by atoms with van der Waals surface area (Å²) in [6.45, 7) is 1.94. The minimum absolute atomic E-state index is 0.100. The molecule has 0 unspecified atom stereocenters. The van der Waals surface area contributed by atoms with Crippen molar-refractivity contribution < 1.29 is 4.42 Å². The predicted molar refractivity (Wildman–Crippen MR) is 70.0 cm³/mol. The number of aliphatic imine (C=N–C) groups is 1. The maximum Gasteiger partial charge on any atom is 0.144 e. The van der Waals surface area contributed by atoms with Crippen LogP contribution < -0.4 is 0 Å². The summed E-state index contributed by atoms with van der Waals surface area (Å²) in [4.78, 5) is 7.19. The molecule has 90 valence electrons. The summed E-state index contributed by atoms with van der Waals surface area (Å²) in [7, 11) is 0. The van der Waals surface area contributed by atoms with E-state index in [9.17, 15) is 0 Å². The molecule has 1 atom stereocenters. The first-order chi connectivity index (χ1) is 8.81. The molecule has 0 radical (unpaired) electrons. The first-order valence-corrected chi connectivity index (χ1v) is 5.52. The molecule has 0 bridgehead atoms. The van der Waals surface area contributed by atoms with Gasteiger partial charge in [-0.1, -0.05) is 29.4 Å². The van der Waals surface area contributed by atoms with E-state index in [-0.39, 0.29) is 6.04 Å². The molecule has 0 aliphatic heterocycles. The third-order valence-corrected chi connectivity index (χ3v) is 2.51. The molecule has 2 aromatic rings. The molecule has 2 rings (SSSR count). The van der Waals surface area contributed by atoms with Gasteiger partial charge in [-0.2, -0.15) is 0 Å². The number of nitrogens with zero attached hydrogens (tertiary/aromatic N) is 4. The Morgan fingerprint density at radius 1 is 1.28 bits per heavy atom. The van der Waals surface area contributed by atoms with Gasteiger partial charge in [0.15, 0.2) is 0 Å². The van der Waals surface area contributed by atoms with Gasteiger partial charge in [0.1, 0.15) is 5.76 Å². The smallest absolute Gasteiger partial charge is 0.144 e. The maximum absolute atomic E-state index is 8.51. The summed E-state index contributed by atoms with van der Waals surface area (Å²) in [5, 5.41) is 3.66. The number of azide groups is 1. The number of furan rings is 1. The Hall–Kier alpha value is -2.52. The molecule has 0 saturated heterocycles. The van der Waals surface area contributed by atoms with Crippen molar-refractivity contribution in [3.63, 3.8) is 0 Å². The highest BCUT2D eigenvalue weighted by molar-refractivity contribution is 5.76. The van der Waals surface area contributed by atoms with Crippen molar-refractivity contribution in [2.24, 2.45) is 10.1 Å². The second kappa shape index (κ2) is 5.70. The van der Waals surface area contributed by atoms with Crippen molar-refractivity contribution >= 4 is 11.9 Å². The fourth-order valence-corrected chi connectivity index (χ4v) is 1.61. The Morgan fingerprint density at radius 2 is 2.11 bits per heavy atom. The summed E-state index contributed by atoms with van der Waals surface area (Å²) in [5.74, 6) is 0.697. The third kappa shape index (κ3) is 2.78. The number of hydrogen-bond donors (Lipinski definition) is 0. The van der Waals surface area contributed by atoms with E-state index in [1.165, 1.54) is 0 Å². The van der Waals surface area contributed by atoms with Crippen LogP contribution in [0.25, 0.3) is 10.4 Å². The third-order valence-electron chi connectivity index (χ3n) is 2.51. The quantitative estimate of drug-likeness (QED) is 0.337. The first-order valence-electron chi connectivity index (χ1n) is 5.52. The molecule has 0 fully saturated rings. The summed E-state index contributed by atoms with van der Waals surface area (Å²) in [5.41, 5.74) is 10.00. The standard InChI is InChI=1S/C13H12N4O/c1-10(15-9-11-5-4-8-18-11)12-6-2-3-7-13(12)16-17-14/h2-10H,1H3/t10-/m0/s1. The molecule has 0 amide bonds.